The second-order valence-corrected chi connectivity index (χ2v) is 6.83. The molecule has 0 unspecified atom stereocenters. The first-order valence-corrected chi connectivity index (χ1v) is 6.88. The van der Waals surface area contributed by atoms with E-state index in [0.717, 1.165) is 25.7 Å². The van der Waals surface area contributed by atoms with Crippen LogP contribution in [0.4, 0.5) is 0 Å². The van der Waals surface area contributed by atoms with Crippen LogP contribution in [-0.4, -0.2) is 21.9 Å². The summed E-state index contributed by atoms with van der Waals surface area (Å²) in [5.74, 6) is 0.784. The van der Waals surface area contributed by atoms with Gasteiger partial charge in [0.1, 0.15) is 0 Å². The second-order valence-electron chi connectivity index (χ2n) is 6.83. The molecule has 0 bridgehead atoms. The molecule has 4 atom stereocenters. The zero-order valence-electron chi connectivity index (χ0n) is 11.5. The molecule has 98 valence electrons. The number of rotatable bonds is 1. The highest BCUT2D eigenvalue weighted by Gasteiger charge is 2.46. The van der Waals surface area contributed by atoms with Crippen molar-refractivity contribution in [3.63, 3.8) is 0 Å². The van der Waals surface area contributed by atoms with Crippen LogP contribution in [0.2, 0.25) is 0 Å². The molecule has 0 aromatic rings. The van der Waals surface area contributed by atoms with Gasteiger partial charge in [-0.05, 0) is 45.4 Å². The Morgan fingerprint density at radius 1 is 1.29 bits per heavy atom. The third-order valence-corrected chi connectivity index (χ3v) is 5.06. The fourth-order valence-electron chi connectivity index (χ4n) is 3.62. The Morgan fingerprint density at radius 3 is 2.53 bits per heavy atom. The van der Waals surface area contributed by atoms with Crippen molar-refractivity contribution in [3.05, 3.63) is 11.6 Å². The SMILES string of the molecule is C[C@@H]1CC[C@H](O)[C@]2(C)CC[C@@H](C(C)(C)O)C=C12. The van der Waals surface area contributed by atoms with Gasteiger partial charge in [-0.1, -0.05) is 25.5 Å². The van der Waals surface area contributed by atoms with Crippen molar-refractivity contribution in [3.8, 4) is 0 Å². The highest BCUT2D eigenvalue weighted by Crippen LogP contribution is 2.51. The average molecular weight is 238 g/mol. The van der Waals surface area contributed by atoms with Crippen LogP contribution in [0.25, 0.3) is 0 Å². The van der Waals surface area contributed by atoms with Gasteiger partial charge in [0.05, 0.1) is 11.7 Å². The lowest BCUT2D eigenvalue weighted by atomic mass is 9.58. The van der Waals surface area contributed by atoms with Crippen LogP contribution < -0.4 is 0 Å². The van der Waals surface area contributed by atoms with E-state index in [1.807, 2.05) is 13.8 Å². The summed E-state index contributed by atoms with van der Waals surface area (Å²) in [7, 11) is 0. The summed E-state index contributed by atoms with van der Waals surface area (Å²) in [5, 5.41) is 20.4. The maximum Gasteiger partial charge on any atom is 0.0654 e. The van der Waals surface area contributed by atoms with Crippen LogP contribution in [0.15, 0.2) is 11.6 Å². The Balaban J connectivity index is 2.34. The Labute approximate surface area is 105 Å². The lowest BCUT2D eigenvalue weighted by Gasteiger charge is -2.49. The number of aliphatic hydroxyl groups excluding tert-OH is 1. The van der Waals surface area contributed by atoms with Crippen LogP contribution in [0.1, 0.15) is 53.4 Å². The second kappa shape index (κ2) is 4.10. The van der Waals surface area contributed by atoms with Crippen molar-refractivity contribution in [1.29, 1.82) is 0 Å². The van der Waals surface area contributed by atoms with E-state index >= 15 is 0 Å². The Morgan fingerprint density at radius 2 is 1.94 bits per heavy atom. The minimum Gasteiger partial charge on any atom is -0.392 e. The number of hydrogen-bond donors (Lipinski definition) is 2. The molecule has 0 heterocycles. The molecule has 2 nitrogen and oxygen atoms in total. The lowest BCUT2D eigenvalue weighted by molar-refractivity contribution is -0.0157. The molecule has 0 saturated heterocycles. The van der Waals surface area contributed by atoms with E-state index in [1.165, 1.54) is 5.57 Å². The van der Waals surface area contributed by atoms with E-state index in [1.54, 1.807) is 0 Å². The largest absolute Gasteiger partial charge is 0.392 e. The molecule has 0 aromatic heterocycles. The van der Waals surface area contributed by atoms with Crippen molar-refractivity contribution in [2.75, 3.05) is 0 Å². The molecule has 17 heavy (non-hydrogen) atoms. The zero-order chi connectivity index (χ0) is 12.8. The summed E-state index contributed by atoms with van der Waals surface area (Å²) in [4.78, 5) is 0. The molecule has 0 spiro atoms. The molecule has 0 aliphatic heterocycles. The quantitative estimate of drug-likeness (QED) is 0.690. The molecule has 0 radical (unpaired) electrons. The van der Waals surface area contributed by atoms with Gasteiger partial charge in [0.25, 0.3) is 0 Å². The van der Waals surface area contributed by atoms with Gasteiger partial charge >= 0.3 is 0 Å². The molecule has 2 rings (SSSR count). The highest BCUT2D eigenvalue weighted by molar-refractivity contribution is 5.26. The minimum atomic E-state index is -0.642. The summed E-state index contributed by atoms with van der Waals surface area (Å²) in [5.41, 5.74) is 0.699. The average Bonchev–Trinajstić information content (AvgIpc) is 2.22. The summed E-state index contributed by atoms with van der Waals surface area (Å²) in [6.07, 6.45) is 6.03. The molecule has 2 N–H and O–H groups in total. The van der Waals surface area contributed by atoms with E-state index in [9.17, 15) is 10.2 Å². The topological polar surface area (TPSA) is 40.5 Å². The van der Waals surface area contributed by atoms with E-state index < -0.39 is 5.60 Å². The molecule has 1 fully saturated rings. The van der Waals surface area contributed by atoms with Gasteiger partial charge in [-0.3, -0.25) is 0 Å². The van der Waals surface area contributed by atoms with Crippen molar-refractivity contribution in [2.45, 2.75) is 65.1 Å². The van der Waals surface area contributed by atoms with Gasteiger partial charge < -0.3 is 10.2 Å². The summed E-state index contributed by atoms with van der Waals surface area (Å²) < 4.78 is 0. The van der Waals surface area contributed by atoms with Gasteiger partial charge in [0.2, 0.25) is 0 Å². The third-order valence-electron chi connectivity index (χ3n) is 5.06. The van der Waals surface area contributed by atoms with Crippen molar-refractivity contribution >= 4 is 0 Å². The summed E-state index contributed by atoms with van der Waals surface area (Å²) in [6.45, 7) is 8.23. The molecule has 0 amide bonds. The van der Waals surface area contributed by atoms with E-state index in [-0.39, 0.29) is 17.4 Å². The standard InChI is InChI=1S/C15H26O2/c1-10-5-6-13(16)15(4)8-7-11(9-12(10)15)14(2,3)17/h9-11,13,16-17H,5-8H2,1-4H3/t10-,11-,13+,15-/m1/s1. The van der Waals surface area contributed by atoms with Crippen LogP contribution >= 0.6 is 0 Å². The van der Waals surface area contributed by atoms with Crippen LogP contribution in [0.5, 0.6) is 0 Å². The first-order valence-electron chi connectivity index (χ1n) is 6.88. The normalized spacial score (nSPS) is 42.9. The maximum atomic E-state index is 10.3. The first kappa shape index (κ1) is 13.1. The first-order chi connectivity index (χ1) is 7.75. The van der Waals surface area contributed by atoms with Gasteiger partial charge in [-0.25, -0.2) is 0 Å². The van der Waals surface area contributed by atoms with Crippen molar-refractivity contribution < 1.29 is 10.2 Å². The van der Waals surface area contributed by atoms with Crippen LogP contribution in [0, 0.1) is 17.3 Å². The van der Waals surface area contributed by atoms with Gasteiger partial charge in [0.15, 0.2) is 0 Å². The van der Waals surface area contributed by atoms with Crippen LogP contribution in [0.3, 0.4) is 0 Å². The van der Waals surface area contributed by atoms with E-state index in [4.69, 9.17) is 0 Å². The molecule has 2 aliphatic rings. The Kier molecular flexibility index (Phi) is 3.16. The summed E-state index contributed by atoms with van der Waals surface area (Å²) >= 11 is 0. The molecular formula is C15H26O2. The van der Waals surface area contributed by atoms with Gasteiger partial charge in [0, 0.05) is 11.3 Å². The monoisotopic (exact) mass is 238 g/mol. The van der Waals surface area contributed by atoms with Gasteiger partial charge in [-0.15, -0.1) is 0 Å². The van der Waals surface area contributed by atoms with Crippen LogP contribution in [-0.2, 0) is 0 Å². The Bertz CT molecular complexity index is 326. The third kappa shape index (κ3) is 2.17. The molecule has 0 aromatic carbocycles. The van der Waals surface area contributed by atoms with E-state index in [2.05, 4.69) is 19.9 Å². The fraction of sp³-hybridized carbons (Fsp3) is 0.867. The molecule has 2 heteroatoms. The lowest BCUT2D eigenvalue weighted by Crippen LogP contribution is -2.45. The predicted octanol–water partition coefficient (Wildman–Crippen LogP) is 2.89. The van der Waals surface area contributed by atoms with E-state index in [0.29, 0.717) is 5.92 Å². The summed E-state index contributed by atoms with van der Waals surface area (Å²) in [6, 6.07) is 0. The predicted molar refractivity (Wildman–Crippen MR) is 69.6 cm³/mol. The maximum absolute atomic E-state index is 10.3. The zero-order valence-corrected chi connectivity index (χ0v) is 11.5. The number of aliphatic hydroxyl groups is 2. The molecule has 2 aliphatic carbocycles. The Hall–Kier alpha value is -0.340. The van der Waals surface area contributed by atoms with Gasteiger partial charge in [-0.2, -0.15) is 0 Å². The van der Waals surface area contributed by atoms with Crippen molar-refractivity contribution in [1.82, 2.24) is 0 Å². The smallest absolute Gasteiger partial charge is 0.0654 e. The highest BCUT2D eigenvalue weighted by atomic mass is 16.3. The molecule has 1 saturated carbocycles. The van der Waals surface area contributed by atoms with Crippen molar-refractivity contribution in [2.24, 2.45) is 17.3 Å². The minimum absolute atomic E-state index is 0.0422. The molecular weight excluding hydrogens is 212 g/mol. The number of hydrogen-bond acceptors (Lipinski definition) is 2. The number of fused-ring (bicyclic) bond motifs is 1. The fourth-order valence-corrected chi connectivity index (χ4v) is 3.62.